The molecule has 146 valence electrons. The SMILES string of the molecule is COc1cccc(-c2ccc(C(=O)N[C@@H](CC(C)C)C(=O)NCC#N)cc2)c1. The molecule has 2 rings (SSSR count). The molecule has 0 radical (unpaired) electrons. The van der Waals surface area contributed by atoms with Crippen LogP contribution in [0.25, 0.3) is 11.1 Å². The second-order valence-corrected chi connectivity index (χ2v) is 6.84. The van der Waals surface area contributed by atoms with Gasteiger partial charge in [0.1, 0.15) is 18.3 Å². The number of hydrogen-bond donors (Lipinski definition) is 2. The van der Waals surface area contributed by atoms with Gasteiger partial charge in [-0.2, -0.15) is 5.26 Å². The number of methoxy groups -OCH3 is 1. The van der Waals surface area contributed by atoms with E-state index in [2.05, 4.69) is 10.6 Å². The van der Waals surface area contributed by atoms with Gasteiger partial charge in [0.15, 0.2) is 0 Å². The molecule has 0 aromatic heterocycles. The van der Waals surface area contributed by atoms with Crippen LogP contribution in [0.4, 0.5) is 0 Å². The summed E-state index contributed by atoms with van der Waals surface area (Å²) in [5.74, 6) is 0.305. The molecule has 2 amide bonds. The third-order valence-electron chi connectivity index (χ3n) is 4.22. The smallest absolute Gasteiger partial charge is 0.251 e. The summed E-state index contributed by atoms with van der Waals surface area (Å²) in [7, 11) is 1.62. The van der Waals surface area contributed by atoms with Gasteiger partial charge in [0.05, 0.1) is 13.2 Å². The first kappa shape index (κ1) is 21.0. The van der Waals surface area contributed by atoms with Gasteiger partial charge in [0.25, 0.3) is 5.91 Å². The first-order chi connectivity index (χ1) is 13.4. The van der Waals surface area contributed by atoms with E-state index in [1.54, 1.807) is 19.2 Å². The normalized spacial score (nSPS) is 11.4. The monoisotopic (exact) mass is 379 g/mol. The number of carbonyl (C=O) groups is 2. The van der Waals surface area contributed by atoms with E-state index < -0.39 is 6.04 Å². The average molecular weight is 379 g/mol. The molecule has 0 aliphatic heterocycles. The van der Waals surface area contributed by atoms with Crippen molar-refractivity contribution in [3.8, 4) is 22.9 Å². The van der Waals surface area contributed by atoms with Gasteiger partial charge in [-0.3, -0.25) is 9.59 Å². The molecular weight excluding hydrogens is 354 g/mol. The highest BCUT2D eigenvalue weighted by Gasteiger charge is 2.22. The Kier molecular flexibility index (Phi) is 7.58. The molecule has 0 aliphatic rings. The van der Waals surface area contributed by atoms with Gasteiger partial charge < -0.3 is 15.4 Å². The van der Waals surface area contributed by atoms with Crippen LogP contribution in [0, 0.1) is 17.2 Å². The predicted molar refractivity (Wildman–Crippen MR) is 108 cm³/mol. The summed E-state index contributed by atoms with van der Waals surface area (Å²) in [6, 6.07) is 16.0. The number of benzene rings is 2. The maximum atomic E-state index is 12.6. The van der Waals surface area contributed by atoms with Crippen molar-refractivity contribution < 1.29 is 14.3 Å². The van der Waals surface area contributed by atoms with Crippen molar-refractivity contribution in [2.45, 2.75) is 26.3 Å². The molecule has 0 fully saturated rings. The third kappa shape index (κ3) is 5.85. The highest BCUT2D eigenvalue weighted by molar-refractivity contribution is 5.98. The molecular formula is C22H25N3O3. The molecule has 0 bridgehead atoms. The minimum atomic E-state index is -0.682. The number of carbonyl (C=O) groups excluding carboxylic acids is 2. The lowest BCUT2D eigenvalue weighted by molar-refractivity contribution is -0.123. The van der Waals surface area contributed by atoms with Crippen LogP contribution in [0.1, 0.15) is 30.6 Å². The first-order valence-electron chi connectivity index (χ1n) is 9.14. The summed E-state index contributed by atoms with van der Waals surface area (Å²) in [6.07, 6.45) is 0.491. The number of hydrogen-bond acceptors (Lipinski definition) is 4. The molecule has 0 saturated carbocycles. The van der Waals surface area contributed by atoms with Gasteiger partial charge in [0.2, 0.25) is 5.91 Å². The van der Waals surface area contributed by atoms with Crippen LogP contribution in [-0.2, 0) is 4.79 Å². The number of ether oxygens (including phenoxy) is 1. The maximum absolute atomic E-state index is 12.6. The highest BCUT2D eigenvalue weighted by Crippen LogP contribution is 2.24. The van der Waals surface area contributed by atoms with Crippen molar-refractivity contribution in [1.82, 2.24) is 10.6 Å². The molecule has 28 heavy (non-hydrogen) atoms. The minimum absolute atomic E-state index is 0.0848. The van der Waals surface area contributed by atoms with E-state index in [0.29, 0.717) is 12.0 Å². The van der Waals surface area contributed by atoms with Gasteiger partial charge in [-0.1, -0.05) is 38.1 Å². The summed E-state index contributed by atoms with van der Waals surface area (Å²) < 4.78 is 5.24. The van der Waals surface area contributed by atoms with E-state index in [-0.39, 0.29) is 24.3 Å². The summed E-state index contributed by atoms with van der Waals surface area (Å²) in [4.78, 5) is 24.8. The zero-order valence-corrected chi connectivity index (χ0v) is 16.4. The minimum Gasteiger partial charge on any atom is -0.497 e. The quantitative estimate of drug-likeness (QED) is 0.689. The van der Waals surface area contributed by atoms with Gasteiger partial charge >= 0.3 is 0 Å². The van der Waals surface area contributed by atoms with Crippen molar-refractivity contribution in [3.63, 3.8) is 0 Å². The number of nitriles is 1. The Labute approximate surface area is 165 Å². The lowest BCUT2D eigenvalue weighted by atomic mass is 10.0. The van der Waals surface area contributed by atoms with Crippen molar-refractivity contribution in [2.24, 2.45) is 5.92 Å². The second kappa shape index (κ2) is 10.1. The fourth-order valence-corrected chi connectivity index (χ4v) is 2.81. The van der Waals surface area contributed by atoms with Gasteiger partial charge in [-0.15, -0.1) is 0 Å². The van der Waals surface area contributed by atoms with Crippen LogP contribution in [0.2, 0.25) is 0 Å². The second-order valence-electron chi connectivity index (χ2n) is 6.84. The highest BCUT2D eigenvalue weighted by atomic mass is 16.5. The number of amides is 2. The summed E-state index contributed by atoms with van der Waals surface area (Å²) in [5, 5.41) is 13.9. The van der Waals surface area contributed by atoms with E-state index >= 15 is 0 Å². The average Bonchev–Trinajstić information content (AvgIpc) is 2.71. The van der Waals surface area contributed by atoms with Crippen LogP contribution >= 0.6 is 0 Å². The molecule has 2 aromatic rings. The molecule has 0 unspecified atom stereocenters. The zero-order chi connectivity index (χ0) is 20.5. The molecule has 0 heterocycles. The van der Waals surface area contributed by atoms with E-state index in [1.807, 2.05) is 56.3 Å². The Bertz CT molecular complexity index is 854. The van der Waals surface area contributed by atoms with Crippen LogP contribution in [0.3, 0.4) is 0 Å². The van der Waals surface area contributed by atoms with Crippen molar-refractivity contribution >= 4 is 11.8 Å². The zero-order valence-electron chi connectivity index (χ0n) is 16.4. The Morgan fingerprint density at radius 3 is 2.43 bits per heavy atom. The van der Waals surface area contributed by atoms with Gasteiger partial charge in [-0.25, -0.2) is 0 Å². The molecule has 0 aliphatic carbocycles. The van der Waals surface area contributed by atoms with E-state index in [4.69, 9.17) is 10.00 Å². The maximum Gasteiger partial charge on any atom is 0.251 e. The molecule has 2 aromatic carbocycles. The molecule has 6 heteroatoms. The van der Waals surface area contributed by atoms with Gasteiger partial charge in [-0.05, 0) is 47.7 Å². The lowest BCUT2D eigenvalue weighted by Crippen LogP contribution is -2.47. The fourth-order valence-electron chi connectivity index (χ4n) is 2.81. The largest absolute Gasteiger partial charge is 0.497 e. The topological polar surface area (TPSA) is 91.2 Å². The summed E-state index contributed by atoms with van der Waals surface area (Å²) in [5.41, 5.74) is 2.41. The van der Waals surface area contributed by atoms with Crippen LogP contribution < -0.4 is 15.4 Å². The van der Waals surface area contributed by atoms with Crippen molar-refractivity contribution in [3.05, 3.63) is 54.1 Å². The van der Waals surface area contributed by atoms with Crippen LogP contribution in [0.5, 0.6) is 5.75 Å². The Morgan fingerprint density at radius 2 is 1.82 bits per heavy atom. The molecule has 0 saturated heterocycles. The van der Waals surface area contributed by atoms with Crippen LogP contribution in [0.15, 0.2) is 48.5 Å². The Hall–Kier alpha value is -3.33. The van der Waals surface area contributed by atoms with Gasteiger partial charge in [0, 0.05) is 5.56 Å². The van der Waals surface area contributed by atoms with Crippen molar-refractivity contribution in [1.29, 1.82) is 5.26 Å². The van der Waals surface area contributed by atoms with E-state index in [1.165, 1.54) is 0 Å². The Balaban J connectivity index is 2.11. The first-order valence-corrected chi connectivity index (χ1v) is 9.14. The molecule has 1 atom stereocenters. The third-order valence-corrected chi connectivity index (χ3v) is 4.22. The molecule has 2 N–H and O–H groups in total. The molecule has 0 spiro atoms. The predicted octanol–water partition coefficient (Wildman–Crippen LogP) is 3.15. The number of nitrogens with one attached hydrogen (secondary N) is 2. The molecule has 6 nitrogen and oxygen atoms in total. The van der Waals surface area contributed by atoms with Crippen molar-refractivity contribution in [2.75, 3.05) is 13.7 Å². The number of rotatable bonds is 8. The van der Waals surface area contributed by atoms with Crippen LogP contribution in [-0.4, -0.2) is 31.5 Å². The standard InChI is InChI=1S/C22H25N3O3/c1-15(2)13-20(22(27)24-12-11-23)25-21(26)17-9-7-16(8-10-17)18-5-4-6-19(14-18)28-3/h4-10,14-15,20H,12-13H2,1-3H3,(H,24,27)(H,25,26)/t20-/m0/s1. The summed E-state index contributed by atoms with van der Waals surface area (Å²) >= 11 is 0. The van der Waals surface area contributed by atoms with E-state index in [9.17, 15) is 9.59 Å². The summed E-state index contributed by atoms with van der Waals surface area (Å²) in [6.45, 7) is 3.86. The number of nitrogens with zero attached hydrogens (tertiary/aromatic N) is 1. The van der Waals surface area contributed by atoms with E-state index in [0.717, 1.165) is 16.9 Å². The fraction of sp³-hybridized carbons (Fsp3) is 0.318. The Morgan fingerprint density at radius 1 is 1.11 bits per heavy atom. The lowest BCUT2D eigenvalue weighted by Gasteiger charge is -2.19.